The van der Waals surface area contributed by atoms with E-state index in [9.17, 15) is 0 Å². The van der Waals surface area contributed by atoms with Gasteiger partial charge < -0.3 is 0 Å². The first-order valence-electron chi connectivity index (χ1n) is 8.53. The van der Waals surface area contributed by atoms with Gasteiger partial charge in [0, 0.05) is 5.56 Å². The minimum absolute atomic E-state index is 0.242. The van der Waals surface area contributed by atoms with E-state index in [-0.39, 0.29) is 5.92 Å². The van der Waals surface area contributed by atoms with E-state index in [1.807, 2.05) is 48.5 Å². The van der Waals surface area contributed by atoms with Crippen molar-refractivity contribution in [1.82, 2.24) is 0 Å². The molecular weight excluding hydrogens is 304 g/mol. The van der Waals surface area contributed by atoms with Gasteiger partial charge in [-0.05, 0) is 22.6 Å². The van der Waals surface area contributed by atoms with Crippen LogP contribution in [0.4, 0.5) is 0 Å². The topological polar surface area (TPSA) is 36.2 Å². The molecule has 3 aromatic carbocycles. The Morgan fingerprint density at radius 1 is 0.680 bits per heavy atom. The molecule has 3 aromatic rings. The number of aliphatic imine (C=N–C) groups is 1. The predicted octanol–water partition coefficient (Wildman–Crippen LogP) is 5.82. The molecule has 0 aliphatic carbocycles. The fraction of sp³-hybridized carbons (Fsp3) is 0.130. The minimum atomic E-state index is 0.242. The first kappa shape index (κ1) is 16.8. The normalized spacial score (nSPS) is 11.6. The van der Waals surface area contributed by atoms with Crippen LogP contribution in [0.2, 0.25) is 0 Å². The van der Waals surface area contributed by atoms with E-state index >= 15 is 0 Å². The van der Waals surface area contributed by atoms with Crippen molar-refractivity contribution in [2.24, 2.45) is 10.9 Å². The summed E-state index contributed by atoms with van der Waals surface area (Å²) in [6.07, 6.45) is 0. The number of nitrogens with one attached hydrogen (secondary N) is 1. The molecule has 0 bridgehead atoms. The summed E-state index contributed by atoms with van der Waals surface area (Å²) in [7, 11) is 0. The zero-order chi connectivity index (χ0) is 17.6. The summed E-state index contributed by atoms with van der Waals surface area (Å²) in [5, 5.41) is 8.29. The summed E-state index contributed by atoms with van der Waals surface area (Å²) in [4.78, 5) is 4.62. The van der Waals surface area contributed by atoms with E-state index in [2.05, 4.69) is 55.2 Å². The molecule has 124 valence electrons. The third-order valence-corrected chi connectivity index (χ3v) is 4.11. The van der Waals surface area contributed by atoms with Crippen LogP contribution in [0, 0.1) is 11.3 Å². The highest BCUT2D eigenvalue weighted by Gasteiger charge is 2.11. The Morgan fingerprint density at radius 2 is 1.20 bits per heavy atom. The van der Waals surface area contributed by atoms with Gasteiger partial charge in [-0.15, -0.1) is 0 Å². The summed E-state index contributed by atoms with van der Waals surface area (Å²) in [5.74, 6) is 0.545. The lowest BCUT2D eigenvalue weighted by Gasteiger charge is -2.12. The van der Waals surface area contributed by atoms with Gasteiger partial charge in [0.25, 0.3) is 0 Å². The Balaban J connectivity index is 1.91. The zero-order valence-electron chi connectivity index (χ0n) is 14.6. The van der Waals surface area contributed by atoms with Crippen LogP contribution < -0.4 is 0 Å². The standard InChI is InChI=1S/C23H22N2/c1-17(2)22(25-23(24)21-11-7-4-8-12-21)20-15-13-19(14-16-20)18-9-5-3-6-10-18/h3-17,24H,1-2H3. The second-order valence-corrected chi connectivity index (χ2v) is 6.31. The SMILES string of the molecule is CC(C)C(=NC(=N)c1ccccc1)c1ccc(-c2ccccc2)cc1. The molecule has 0 aliphatic heterocycles. The van der Waals surface area contributed by atoms with Crippen LogP contribution in [0.1, 0.15) is 25.0 Å². The molecule has 1 N–H and O–H groups in total. The maximum absolute atomic E-state index is 8.29. The molecule has 2 heteroatoms. The average Bonchev–Trinajstić information content (AvgIpc) is 2.67. The number of amidine groups is 1. The van der Waals surface area contributed by atoms with Gasteiger partial charge in [0.15, 0.2) is 5.84 Å². The fourth-order valence-electron chi connectivity index (χ4n) is 2.77. The Bertz CT molecular complexity index is 861. The van der Waals surface area contributed by atoms with E-state index in [1.54, 1.807) is 0 Å². The van der Waals surface area contributed by atoms with E-state index in [4.69, 9.17) is 5.41 Å². The Hall–Kier alpha value is -3.00. The highest BCUT2D eigenvalue weighted by Crippen LogP contribution is 2.21. The van der Waals surface area contributed by atoms with Crippen LogP contribution >= 0.6 is 0 Å². The van der Waals surface area contributed by atoms with Gasteiger partial charge in [0.2, 0.25) is 0 Å². The first-order valence-corrected chi connectivity index (χ1v) is 8.53. The van der Waals surface area contributed by atoms with E-state index in [0.29, 0.717) is 5.84 Å². The summed E-state index contributed by atoms with van der Waals surface area (Å²) >= 11 is 0. The van der Waals surface area contributed by atoms with Crippen molar-refractivity contribution < 1.29 is 0 Å². The lowest BCUT2D eigenvalue weighted by atomic mass is 9.97. The predicted molar refractivity (Wildman–Crippen MR) is 107 cm³/mol. The van der Waals surface area contributed by atoms with Gasteiger partial charge in [-0.25, -0.2) is 4.99 Å². The Morgan fingerprint density at radius 3 is 1.76 bits per heavy atom. The summed E-state index contributed by atoms with van der Waals surface area (Å²) < 4.78 is 0. The summed E-state index contributed by atoms with van der Waals surface area (Å²) in [5.41, 5.74) is 5.23. The van der Waals surface area contributed by atoms with Gasteiger partial charge in [-0.1, -0.05) is 98.8 Å². The third-order valence-electron chi connectivity index (χ3n) is 4.11. The van der Waals surface area contributed by atoms with Gasteiger partial charge in [-0.2, -0.15) is 0 Å². The van der Waals surface area contributed by atoms with Crippen LogP contribution in [-0.2, 0) is 0 Å². The molecular formula is C23H22N2. The zero-order valence-corrected chi connectivity index (χ0v) is 14.6. The molecule has 3 rings (SSSR count). The number of benzene rings is 3. The largest absolute Gasteiger partial charge is 0.282 e. The molecule has 0 radical (unpaired) electrons. The lowest BCUT2D eigenvalue weighted by molar-refractivity contribution is 0.886. The molecule has 0 atom stereocenters. The number of nitrogens with zero attached hydrogens (tertiary/aromatic N) is 1. The molecule has 0 spiro atoms. The van der Waals surface area contributed by atoms with Gasteiger partial charge in [-0.3, -0.25) is 5.41 Å². The maximum Gasteiger partial charge on any atom is 0.152 e. The van der Waals surface area contributed by atoms with E-state index in [1.165, 1.54) is 11.1 Å². The molecule has 0 fully saturated rings. The highest BCUT2D eigenvalue weighted by molar-refractivity contribution is 6.12. The Labute approximate surface area is 149 Å². The van der Waals surface area contributed by atoms with Crippen LogP contribution in [0.25, 0.3) is 11.1 Å². The van der Waals surface area contributed by atoms with Crippen molar-refractivity contribution in [3.63, 3.8) is 0 Å². The smallest absolute Gasteiger partial charge is 0.152 e. The van der Waals surface area contributed by atoms with Gasteiger partial charge in [0.05, 0.1) is 5.71 Å². The van der Waals surface area contributed by atoms with E-state index in [0.717, 1.165) is 16.8 Å². The lowest BCUT2D eigenvalue weighted by Crippen LogP contribution is -2.12. The molecule has 0 aliphatic rings. The fourth-order valence-corrected chi connectivity index (χ4v) is 2.77. The maximum atomic E-state index is 8.29. The van der Waals surface area contributed by atoms with Crippen LogP contribution in [0.5, 0.6) is 0 Å². The number of rotatable bonds is 4. The third kappa shape index (κ3) is 4.10. The monoisotopic (exact) mass is 326 g/mol. The van der Waals surface area contributed by atoms with Gasteiger partial charge in [0.1, 0.15) is 0 Å². The number of hydrogen-bond acceptors (Lipinski definition) is 1. The molecule has 0 saturated heterocycles. The molecule has 0 aromatic heterocycles. The van der Waals surface area contributed by atoms with Crippen molar-refractivity contribution in [2.75, 3.05) is 0 Å². The van der Waals surface area contributed by atoms with Crippen LogP contribution in [-0.4, -0.2) is 11.5 Å². The molecule has 0 heterocycles. The summed E-state index contributed by atoms with van der Waals surface area (Å²) in [6.45, 7) is 4.23. The van der Waals surface area contributed by atoms with Crippen molar-refractivity contribution in [3.8, 4) is 11.1 Å². The molecule has 2 nitrogen and oxygen atoms in total. The van der Waals surface area contributed by atoms with Crippen LogP contribution in [0.15, 0.2) is 89.9 Å². The molecule has 0 saturated carbocycles. The molecule has 25 heavy (non-hydrogen) atoms. The van der Waals surface area contributed by atoms with Gasteiger partial charge >= 0.3 is 0 Å². The average molecular weight is 326 g/mol. The van der Waals surface area contributed by atoms with Crippen molar-refractivity contribution in [2.45, 2.75) is 13.8 Å². The second kappa shape index (κ2) is 7.71. The molecule has 0 unspecified atom stereocenters. The number of hydrogen-bond donors (Lipinski definition) is 1. The molecule has 0 amide bonds. The summed E-state index contributed by atoms with van der Waals surface area (Å²) in [6, 6.07) is 28.4. The highest BCUT2D eigenvalue weighted by atomic mass is 14.8. The van der Waals surface area contributed by atoms with Crippen molar-refractivity contribution in [3.05, 3.63) is 96.1 Å². The minimum Gasteiger partial charge on any atom is -0.282 e. The second-order valence-electron chi connectivity index (χ2n) is 6.31. The van der Waals surface area contributed by atoms with Crippen molar-refractivity contribution in [1.29, 1.82) is 5.41 Å². The first-order chi connectivity index (χ1) is 12.1. The quantitative estimate of drug-likeness (QED) is 0.463. The Kier molecular flexibility index (Phi) is 5.20. The van der Waals surface area contributed by atoms with Crippen LogP contribution in [0.3, 0.4) is 0 Å². The van der Waals surface area contributed by atoms with Crippen molar-refractivity contribution >= 4 is 11.5 Å². The van der Waals surface area contributed by atoms with E-state index < -0.39 is 0 Å².